The van der Waals surface area contributed by atoms with Crippen LogP contribution in [0.25, 0.3) is 0 Å². The third-order valence-corrected chi connectivity index (χ3v) is 3.12. The fourth-order valence-corrected chi connectivity index (χ4v) is 2.17. The molecular formula is C13H18N. The van der Waals surface area contributed by atoms with Crippen LogP contribution in [0.1, 0.15) is 37.8 Å². The first-order chi connectivity index (χ1) is 6.88. The van der Waals surface area contributed by atoms with Crippen molar-refractivity contribution in [3.63, 3.8) is 0 Å². The first-order valence-corrected chi connectivity index (χ1v) is 5.58. The molecular weight excluding hydrogens is 170 g/mol. The molecule has 1 saturated heterocycles. The Kier molecular flexibility index (Phi) is 3.20. The van der Waals surface area contributed by atoms with Crippen molar-refractivity contribution in [2.45, 2.75) is 32.2 Å². The molecule has 2 rings (SSSR count). The van der Waals surface area contributed by atoms with Crippen LogP contribution in [-0.4, -0.2) is 18.0 Å². The third-order valence-electron chi connectivity index (χ3n) is 3.12. The van der Waals surface area contributed by atoms with Gasteiger partial charge in [-0.05, 0) is 44.5 Å². The second-order valence-electron chi connectivity index (χ2n) is 4.09. The Bertz CT molecular complexity index is 262. The molecule has 1 nitrogen and oxygen atoms in total. The van der Waals surface area contributed by atoms with Crippen LogP contribution < -0.4 is 0 Å². The van der Waals surface area contributed by atoms with Gasteiger partial charge in [-0.25, -0.2) is 0 Å². The van der Waals surface area contributed by atoms with Gasteiger partial charge >= 0.3 is 0 Å². The van der Waals surface area contributed by atoms with Gasteiger partial charge in [0.15, 0.2) is 0 Å². The van der Waals surface area contributed by atoms with Crippen LogP contribution in [-0.2, 0) is 0 Å². The van der Waals surface area contributed by atoms with Crippen molar-refractivity contribution < 1.29 is 0 Å². The largest absolute Gasteiger partial charge is 0.297 e. The fraction of sp³-hybridized carbons (Fsp3) is 0.538. The summed E-state index contributed by atoms with van der Waals surface area (Å²) < 4.78 is 0. The Labute approximate surface area is 86.7 Å². The summed E-state index contributed by atoms with van der Waals surface area (Å²) in [6.07, 6.45) is 4.12. The van der Waals surface area contributed by atoms with Crippen LogP contribution in [0, 0.1) is 6.07 Å². The zero-order chi connectivity index (χ0) is 9.80. The lowest BCUT2D eigenvalue weighted by molar-refractivity contribution is 0.174. The zero-order valence-electron chi connectivity index (χ0n) is 8.87. The molecule has 0 aromatic heterocycles. The first kappa shape index (κ1) is 9.72. The number of nitrogens with zero attached hydrogens (tertiary/aromatic N) is 1. The van der Waals surface area contributed by atoms with Gasteiger partial charge in [0.05, 0.1) is 0 Å². The number of rotatable bonds is 2. The van der Waals surface area contributed by atoms with Crippen molar-refractivity contribution in [2.24, 2.45) is 0 Å². The van der Waals surface area contributed by atoms with Gasteiger partial charge in [0, 0.05) is 6.04 Å². The summed E-state index contributed by atoms with van der Waals surface area (Å²) >= 11 is 0. The van der Waals surface area contributed by atoms with E-state index in [9.17, 15) is 0 Å². The monoisotopic (exact) mass is 188 g/mol. The van der Waals surface area contributed by atoms with E-state index in [1.165, 1.54) is 37.9 Å². The van der Waals surface area contributed by atoms with E-state index in [-0.39, 0.29) is 0 Å². The minimum absolute atomic E-state index is 0.538. The minimum Gasteiger partial charge on any atom is -0.297 e. The SMILES string of the molecule is CC(c1[c]cccc1)N1CCCCC1. The average Bonchev–Trinajstić information content (AvgIpc) is 2.30. The zero-order valence-corrected chi connectivity index (χ0v) is 8.87. The molecule has 0 N–H and O–H groups in total. The summed E-state index contributed by atoms with van der Waals surface area (Å²) in [5, 5.41) is 0. The Morgan fingerprint density at radius 1 is 1.21 bits per heavy atom. The molecule has 0 saturated carbocycles. The predicted molar refractivity (Wildman–Crippen MR) is 59.1 cm³/mol. The molecule has 1 heteroatoms. The Morgan fingerprint density at radius 3 is 2.64 bits per heavy atom. The van der Waals surface area contributed by atoms with Crippen LogP contribution in [0.4, 0.5) is 0 Å². The first-order valence-electron chi connectivity index (χ1n) is 5.58. The number of hydrogen-bond donors (Lipinski definition) is 0. The summed E-state index contributed by atoms with van der Waals surface area (Å²) in [6, 6.07) is 12.2. The van der Waals surface area contributed by atoms with Crippen LogP contribution in [0.3, 0.4) is 0 Å². The normalized spacial score (nSPS) is 20.6. The predicted octanol–water partition coefficient (Wildman–Crippen LogP) is 3.03. The molecule has 0 aliphatic carbocycles. The van der Waals surface area contributed by atoms with Gasteiger partial charge in [-0.3, -0.25) is 4.90 Å². The van der Waals surface area contributed by atoms with Crippen molar-refractivity contribution in [3.05, 3.63) is 35.9 Å². The fourth-order valence-electron chi connectivity index (χ4n) is 2.17. The highest BCUT2D eigenvalue weighted by Gasteiger charge is 2.17. The van der Waals surface area contributed by atoms with Gasteiger partial charge in [-0.15, -0.1) is 0 Å². The van der Waals surface area contributed by atoms with E-state index in [0.29, 0.717) is 6.04 Å². The van der Waals surface area contributed by atoms with Crippen LogP contribution >= 0.6 is 0 Å². The second kappa shape index (κ2) is 4.61. The van der Waals surface area contributed by atoms with Crippen molar-refractivity contribution >= 4 is 0 Å². The number of hydrogen-bond acceptors (Lipinski definition) is 1. The van der Waals surface area contributed by atoms with E-state index in [4.69, 9.17) is 0 Å². The lowest BCUT2D eigenvalue weighted by Gasteiger charge is -2.32. The molecule has 1 aliphatic heterocycles. The Hall–Kier alpha value is -0.820. The van der Waals surface area contributed by atoms with Gasteiger partial charge in [0.2, 0.25) is 0 Å². The topological polar surface area (TPSA) is 3.24 Å². The summed E-state index contributed by atoms with van der Waals surface area (Å²) in [5.74, 6) is 0. The molecule has 75 valence electrons. The highest BCUT2D eigenvalue weighted by Crippen LogP contribution is 2.23. The Morgan fingerprint density at radius 2 is 2.00 bits per heavy atom. The maximum atomic E-state index is 3.32. The maximum Gasteiger partial charge on any atom is 0.0326 e. The van der Waals surface area contributed by atoms with E-state index in [1.807, 2.05) is 12.1 Å². The molecule has 0 spiro atoms. The second-order valence-corrected chi connectivity index (χ2v) is 4.09. The molecule has 1 aromatic rings. The van der Waals surface area contributed by atoms with E-state index in [0.717, 1.165) is 0 Å². The van der Waals surface area contributed by atoms with E-state index < -0.39 is 0 Å². The van der Waals surface area contributed by atoms with Crippen molar-refractivity contribution in [1.29, 1.82) is 0 Å². The molecule has 1 unspecified atom stereocenters. The number of piperidine rings is 1. The molecule has 0 bridgehead atoms. The highest BCUT2D eigenvalue weighted by atomic mass is 15.2. The van der Waals surface area contributed by atoms with Crippen molar-refractivity contribution in [1.82, 2.24) is 4.90 Å². The van der Waals surface area contributed by atoms with Crippen molar-refractivity contribution in [2.75, 3.05) is 13.1 Å². The molecule has 1 atom stereocenters. The minimum atomic E-state index is 0.538. The summed E-state index contributed by atoms with van der Waals surface area (Å²) in [4.78, 5) is 2.56. The van der Waals surface area contributed by atoms with E-state index in [2.05, 4.69) is 30.0 Å². The van der Waals surface area contributed by atoms with Crippen LogP contribution in [0.2, 0.25) is 0 Å². The van der Waals surface area contributed by atoms with Gasteiger partial charge in [0.25, 0.3) is 0 Å². The number of benzene rings is 1. The standard InChI is InChI=1S/C13H18N/c1-12(13-8-4-2-5-9-13)14-10-6-3-7-11-14/h2,4-5,8,12H,3,6-7,10-11H2,1H3. The molecule has 1 heterocycles. The third kappa shape index (κ3) is 2.16. The van der Waals surface area contributed by atoms with Gasteiger partial charge in [-0.1, -0.05) is 30.7 Å². The summed E-state index contributed by atoms with van der Waals surface area (Å²) in [6.45, 7) is 4.80. The molecule has 1 fully saturated rings. The van der Waals surface area contributed by atoms with Gasteiger partial charge < -0.3 is 0 Å². The smallest absolute Gasteiger partial charge is 0.0326 e. The quantitative estimate of drug-likeness (QED) is 0.689. The summed E-state index contributed by atoms with van der Waals surface area (Å²) in [5.41, 5.74) is 1.33. The lowest BCUT2D eigenvalue weighted by atomic mass is 10.0. The van der Waals surface area contributed by atoms with Gasteiger partial charge in [-0.2, -0.15) is 0 Å². The molecule has 1 aromatic carbocycles. The average molecular weight is 188 g/mol. The van der Waals surface area contributed by atoms with Crippen LogP contribution in [0.5, 0.6) is 0 Å². The van der Waals surface area contributed by atoms with Crippen molar-refractivity contribution in [3.8, 4) is 0 Å². The molecule has 14 heavy (non-hydrogen) atoms. The number of likely N-dealkylation sites (tertiary alicyclic amines) is 1. The summed E-state index contributed by atoms with van der Waals surface area (Å²) in [7, 11) is 0. The van der Waals surface area contributed by atoms with E-state index in [1.54, 1.807) is 0 Å². The van der Waals surface area contributed by atoms with E-state index >= 15 is 0 Å². The molecule has 1 radical (unpaired) electrons. The lowest BCUT2D eigenvalue weighted by Crippen LogP contribution is -2.32. The Balaban J connectivity index is 2.03. The molecule has 1 aliphatic rings. The van der Waals surface area contributed by atoms with Gasteiger partial charge in [0.1, 0.15) is 0 Å². The maximum absolute atomic E-state index is 3.32. The molecule has 0 amide bonds. The van der Waals surface area contributed by atoms with Crippen LogP contribution in [0.15, 0.2) is 24.3 Å². The highest BCUT2D eigenvalue weighted by molar-refractivity contribution is 5.16.